The average molecular weight is 347 g/mol. The van der Waals surface area contributed by atoms with Crippen LogP contribution in [0.25, 0.3) is 5.70 Å². The van der Waals surface area contributed by atoms with Gasteiger partial charge in [-0.2, -0.15) is 9.97 Å². The molecule has 0 saturated carbocycles. The molecule has 0 aliphatic heterocycles. The average Bonchev–Trinajstić information content (AvgIpc) is 2.61. The molecule has 0 spiro atoms. The second-order valence-electron chi connectivity index (χ2n) is 4.61. The van der Waals surface area contributed by atoms with Crippen LogP contribution in [-0.4, -0.2) is 42.4 Å². The number of ether oxygens (including phenoxy) is 3. The molecule has 0 bridgehead atoms. The predicted octanol–water partition coefficient (Wildman–Crippen LogP) is 2.11. The summed E-state index contributed by atoms with van der Waals surface area (Å²) in [6.45, 7) is 3.73. The quantitative estimate of drug-likeness (QED) is 0.693. The van der Waals surface area contributed by atoms with Gasteiger partial charge in [0, 0.05) is 5.56 Å². The minimum absolute atomic E-state index is 0.0272. The summed E-state index contributed by atoms with van der Waals surface area (Å²) in [5, 5.41) is 9.56. The summed E-state index contributed by atoms with van der Waals surface area (Å²) in [5.74, 6) is -0.764. The monoisotopic (exact) mass is 347 g/mol. The highest BCUT2D eigenvalue weighted by molar-refractivity contribution is 5.96. The Morgan fingerprint density at radius 3 is 2.32 bits per heavy atom. The third-order valence-electron chi connectivity index (χ3n) is 3.07. The van der Waals surface area contributed by atoms with E-state index in [0.717, 1.165) is 0 Å². The van der Waals surface area contributed by atoms with E-state index in [1.54, 1.807) is 12.1 Å². The van der Waals surface area contributed by atoms with E-state index in [1.165, 1.54) is 33.5 Å². The van der Waals surface area contributed by atoms with Crippen LogP contribution in [0, 0.1) is 0 Å². The Bertz CT molecular complexity index is 771. The lowest BCUT2D eigenvalue weighted by Crippen LogP contribution is -2.13. The molecule has 9 heteroatoms. The zero-order valence-corrected chi connectivity index (χ0v) is 13.9. The Labute approximate surface area is 143 Å². The van der Waals surface area contributed by atoms with Gasteiger partial charge in [0.2, 0.25) is 11.8 Å². The van der Waals surface area contributed by atoms with Crippen molar-refractivity contribution in [3.63, 3.8) is 0 Å². The summed E-state index contributed by atoms with van der Waals surface area (Å²) in [7, 11) is 4.24. The van der Waals surface area contributed by atoms with Crippen LogP contribution in [-0.2, 0) is 4.84 Å². The molecule has 25 heavy (non-hydrogen) atoms. The summed E-state index contributed by atoms with van der Waals surface area (Å²) in [6.07, 6.45) is 0. The molecule has 2 N–H and O–H groups in total. The fourth-order valence-corrected chi connectivity index (χ4v) is 2.00. The van der Waals surface area contributed by atoms with E-state index in [-0.39, 0.29) is 34.8 Å². The molecule has 0 saturated heterocycles. The first-order valence-electron chi connectivity index (χ1n) is 6.99. The van der Waals surface area contributed by atoms with Crippen LogP contribution in [0.15, 0.2) is 30.8 Å². The maximum atomic E-state index is 11.7. The smallest absolute Gasteiger partial charge is 0.340 e. The topological polar surface area (TPSA) is 112 Å². The Morgan fingerprint density at radius 1 is 1.16 bits per heavy atom. The number of rotatable bonds is 8. The fourth-order valence-electron chi connectivity index (χ4n) is 2.00. The van der Waals surface area contributed by atoms with Gasteiger partial charge >= 0.3 is 12.0 Å². The van der Waals surface area contributed by atoms with Crippen molar-refractivity contribution in [1.29, 1.82) is 0 Å². The Morgan fingerprint density at radius 2 is 1.80 bits per heavy atom. The lowest BCUT2D eigenvalue weighted by atomic mass is 10.0. The molecule has 0 atom stereocenters. The van der Waals surface area contributed by atoms with Crippen molar-refractivity contribution >= 4 is 11.7 Å². The first-order chi connectivity index (χ1) is 12.0. The van der Waals surface area contributed by atoms with Crippen molar-refractivity contribution in [1.82, 2.24) is 15.4 Å². The van der Waals surface area contributed by atoms with Crippen LogP contribution in [0.2, 0.25) is 0 Å². The minimum atomic E-state index is -1.21. The van der Waals surface area contributed by atoms with E-state index in [9.17, 15) is 9.90 Å². The molecule has 0 radical (unpaired) electrons. The Balaban J connectivity index is 2.48. The van der Waals surface area contributed by atoms with Crippen LogP contribution >= 0.6 is 0 Å². The van der Waals surface area contributed by atoms with Crippen LogP contribution in [0.5, 0.6) is 23.5 Å². The number of aromatic carboxylic acids is 1. The second kappa shape index (κ2) is 7.97. The fraction of sp³-hybridized carbons (Fsp3) is 0.188. The van der Waals surface area contributed by atoms with Gasteiger partial charge in [0.15, 0.2) is 0 Å². The maximum absolute atomic E-state index is 11.7. The van der Waals surface area contributed by atoms with Gasteiger partial charge < -0.3 is 19.3 Å². The standard InChI is InChI=1S/C16H17N3O6/c1-9(19-24-4)10-6-5-7-11(14(10)15(20)21)25-16-17-12(22-2)8-13(18-16)23-3/h5-8,19H,1H2,2-4H3,(H,20,21). The van der Waals surface area contributed by atoms with Gasteiger partial charge in [-0.15, -0.1) is 0 Å². The zero-order valence-electron chi connectivity index (χ0n) is 13.9. The molecule has 0 amide bonds. The molecule has 1 aromatic heterocycles. The third kappa shape index (κ3) is 4.15. The van der Waals surface area contributed by atoms with E-state index in [4.69, 9.17) is 19.0 Å². The van der Waals surface area contributed by atoms with E-state index >= 15 is 0 Å². The molecular formula is C16H17N3O6. The largest absolute Gasteiger partial charge is 0.481 e. The molecule has 0 aliphatic carbocycles. The van der Waals surface area contributed by atoms with Crippen molar-refractivity contribution in [3.8, 4) is 23.5 Å². The highest BCUT2D eigenvalue weighted by Gasteiger charge is 2.20. The molecule has 132 valence electrons. The number of carboxylic acids is 1. The molecule has 2 aromatic rings. The van der Waals surface area contributed by atoms with Gasteiger partial charge in [-0.05, 0) is 6.07 Å². The van der Waals surface area contributed by atoms with Gasteiger partial charge in [0.1, 0.15) is 11.3 Å². The molecule has 9 nitrogen and oxygen atoms in total. The summed E-state index contributed by atoms with van der Waals surface area (Å²) in [5.41, 5.74) is 2.93. The zero-order chi connectivity index (χ0) is 18.4. The van der Waals surface area contributed by atoms with Crippen LogP contribution < -0.4 is 19.7 Å². The highest BCUT2D eigenvalue weighted by Crippen LogP contribution is 2.30. The molecule has 0 unspecified atom stereocenters. The summed E-state index contributed by atoms with van der Waals surface area (Å²) >= 11 is 0. The SMILES string of the molecule is C=C(NOC)c1cccc(Oc2nc(OC)cc(OC)n2)c1C(=O)O. The number of carboxylic acid groups (broad SMARTS) is 1. The summed E-state index contributed by atoms with van der Waals surface area (Å²) in [4.78, 5) is 24.5. The third-order valence-corrected chi connectivity index (χ3v) is 3.07. The van der Waals surface area contributed by atoms with Gasteiger partial charge in [0.05, 0.1) is 33.1 Å². The Hall–Kier alpha value is -3.33. The van der Waals surface area contributed by atoms with Gasteiger partial charge in [-0.1, -0.05) is 18.7 Å². The highest BCUT2D eigenvalue weighted by atomic mass is 16.6. The number of methoxy groups -OCH3 is 2. The van der Waals surface area contributed by atoms with E-state index < -0.39 is 5.97 Å². The lowest BCUT2D eigenvalue weighted by molar-refractivity contribution is 0.0693. The molecule has 1 aromatic carbocycles. The number of aromatic nitrogens is 2. The predicted molar refractivity (Wildman–Crippen MR) is 87.8 cm³/mol. The number of hydrogen-bond acceptors (Lipinski definition) is 8. The van der Waals surface area contributed by atoms with Crippen LogP contribution in [0.3, 0.4) is 0 Å². The number of nitrogens with one attached hydrogen (secondary N) is 1. The summed E-state index contributed by atoms with van der Waals surface area (Å²) < 4.78 is 15.6. The number of carbonyl (C=O) groups is 1. The van der Waals surface area contributed by atoms with Crippen molar-refractivity contribution in [2.24, 2.45) is 0 Å². The summed E-state index contributed by atoms with van der Waals surface area (Å²) in [6, 6.07) is 5.99. The number of hydrogen-bond donors (Lipinski definition) is 2. The van der Waals surface area contributed by atoms with E-state index in [0.29, 0.717) is 5.56 Å². The maximum Gasteiger partial charge on any atom is 0.340 e. The number of hydroxylamine groups is 1. The molecule has 0 fully saturated rings. The van der Waals surface area contributed by atoms with Gasteiger partial charge in [-0.3, -0.25) is 10.3 Å². The normalized spacial score (nSPS) is 10.0. The molecule has 2 rings (SSSR count). The number of benzene rings is 1. The van der Waals surface area contributed by atoms with Gasteiger partial charge in [0.25, 0.3) is 0 Å². The van der Waals surface area contributed by atoms with E-state index in [2.05, 4.69) is 22.0 Å². The van der Waals surface area contributed by atoms with Crippen molar-refractivity contribution in [2.45, 2.75) is 0 Å². The van der Waals surface area contributed by atoms with E-state index in [1.807, 2.05) is 0 Å². The van der Waals surface area contributed by atoms with Gasteiger partial charge in [-0.25, -0.2) is 4.79 Å². The molecule has 0 aliphatic rings. The van der Waals surface area contributed by atoms with Crippen LogP contribution in [0.4, 0.5) is 0 Å². The van der Waals surface area contributed by atoms with Crippen LogP contribution in [0.1, 0.15) is 15.9 Å². The first kappa shape index (κ1) is 18.0. The minimum Gasteiger partial charge on any atom is -0.481 e. The van der Waals surface area contributed by atoms with Crippen molar-refractivity contribution in [2.75, 3.05) is 21.3 Å². The first-order valence-corrected chi connectivity index (χ1v) is 6.99. The lowest BCUT2D eigenvalue weighted by Gasteiger charge is -2.14. The Kier molecular flexibility index (Phi) is 5.75. The molecular weight excluding hydrogens is 330 g/mol. The van der Waals surface area contributed by atoms with Crippen molar-refractivity contribution in [3.05, 3.63) is 42.0 Å². The van der Waals surface area contributed by atoms with Crippen molar-refractivity contribution < 1.29 is 28.9 Å². The number of nitrogens with zero attached hydrogens (tertiary/aromatic N) is 2. The second-order valence-corrected chi connectivity index (χ2v) is 4.61. The molecule has 1 heterocycles.